The molecule has 0 aliphatic carbocycles. The fraction of sp³-hybridized carbons (Fsp3) is 0.286. The van der Waals surface area contributed by atoms with E-state index in [1.165, 1.54) is 6.07 Å². The average Bonchev–Trinajstić information content (AvgIpc) is 2.87. The average molecular weight is 286 g/mol. The molecule has 0 saturated heterocycles. The molecule has 1 amide bonds. The van der Waals surface area contributed by atoms with Gasteiger partial charge < -0.3 is 4.90 Å². The molecule has 0 fully saturated rings. The number of rotatable bonds is 3. The van der Waals surface area contributed by atoms with Crippen molar-refractivity contribution < 1.29 is 9.72 Å². The second-order valence-corrected chi connectivity index (χ2v) is 5.03. The first-order valence-electron chi connectivity index (χ1n) is 6.61. The molecule has 0 atom stereocenters. The molecule has 0 unspecified atom stereocenters. The summed E-state index contributed by atoms with van der Waals surface area (Å²) in [6.07, 6.45) is 2.72. The van der Waals surface area contributed by atoms with Crippen LogP contribution in [0.15, 0.2) is 30.5 Å². The van der Waals surface area contributed by atoms with Gasteiger partial charge in [-0.2, -0.15) is 5.10 Å². The predicted octanol–water partition coefficient (Wildman–Crippen LogP) is 1.81. The second kappa shape index (κ2) is 5.01. The van der Waals surface area contributed by atoms with Gasteiger partial charge in [-0.3, -0.25) is 19.6 Å². The van der Waals surface area contributed by atoms with Crippen LogP contribution >= 0.6 is 0 Å². The van der Waals surface area contributed by atoms with Crippen LogP contribution in [-0.2, 0) is 24.8 Å². The Hall–Kier alpha value is -2.70. The van der Waals surface area contributed by atoms with E-state index in [0.717, 1.165) is 16.9 Å². The van der Waals surface area contributed by atoms with E-state index in [-0.39, 0.29) is 11.6 Å². The van der Waals surface area contributed by atoms with E-state index in [9.17, 15) is 14.9 Å². The Bertz CT molecular complexity index is 723. The summed E-state index contributed by atoms with van der Waals surface area (Å²) < 4.78 is 1.68. The molecular formula is C14H14N4O3. The molecule has 1 aliphatic heterocycles. The summed E-state index contributed by atoms with van der Waals surface area (Å²) in [6.45, 7) is 0.379. The first-order valence-corrected chi connectivity index (χ1v) is 6.61. The Morgan fingerprint density at radius 3 is 2.81 bits per heavy atom. The van der Waals surface area contributed by atoms with Gasteiger partial charge >= 0.3 is 0 Å². The maximum atomic E-state index is 12.1. The molecule has 1 aromatic heterocycles. The van der Waals surface area contributed by atoms with Crippen LogP contribution in [0.3, 0.4) is 0 Å². The first kappa shape index (κ1) is 13.3. The predicted molar refractivity (Wildman–Crippen MR) is 75.8 cm³/mol. The van der Waals surface area contributed by atoms with Crippen LogP contribution in [-0.4, -0.2) is 20.6 Å². The lowest BCUT2D eigenvalue weighted by Gasteiger charge is -2.28. The number of aromatic nitrogens is 2. The summed E-state index contributed by atoms with van der Waals surface area (Å²) in [4.78, 5) is 24.2. The van der Waals surface area contributed by atoms with Gasteiger partial charge in [-0.05, 0) is 24.1 Å². The van der Waals surface area contributed by atoms with Gasteiger partial charge in [0.25, 0.3) is 5.69 Å². The molecule has 1 aliphatic rings. The Morgan fingerprint density at radius 1 is 1.33 bits per heavy atom. The van der Waals surface area contributed by atoms with Crippen LogP contribution in [0.2, 0.25) is 0 Å². The van der Waals surface area contributed by atoms with E-state index < -0.39 is 4.92 Å². The Morgan fingerprint density at radius 2 is 2.14 bits per heavy atom. The Labute approximate surface area is 120 Å². The molecule has 0 spiro atoms. The maximum Gasteiger partial charge on any atom is 0.269 e. The quantitative estimate of drug-likeness (QED) is 0.636. The Balaban J connectivity index is 1.95. The van der Waals surface area contributed by atoms with E-state index >= 15 is 0 Å². The summed E-state index contributed by atoms with van der Waals surface area (Å²) in [5, 5.41) is 15.1. The summed E-state index contributed by atoms with van der Waals surface area (Å²) in [5.41, 5.74) is 2.42. The number of fused-ring (bicyclic) bond motifs is 1. The highest BCUT2D eigenvalue weighted by Gasteiger charge is 2.26. The topological polar surface area (TPSA) is 81.3 Å². The lowest BCUT2D eigenvalue weighted by Crippen LogP contribution is -2.34. The molecule has 7 nitrogen and oxygen atoms in total. The first-order chi connectivity index (χ1) is 10.0. The van der Waals surface area contributed by atoms with Gasteiger partial charge in [0, 0.05) is 37.5 Å². The minimum absolute atomic E-state index is 0.0157. The molecule has 108 valence electrons. The van der Waals surface area contributed by atoms with Crippen LogP contribution in [0.1, 0.15) is 17.7 Å². The number of carbonyl (C=O) groups is 1. The minimum Gasteiger partial charge on any atom is -0.306 e. The largest absolute Gasteiger partial charge is 0.306 e. The van der Waals surface area contributed by atoms with E-state index in [4.69, 9.17) is 0 Å². The van der Waals surface area contributed by atoms with Crippen LogP contribution < -0.4 is 4.90 Å². The van der Waals surface area contributed by atoms with Crippen LogP contribution in [0, 0.1) is 10.1 Å². The van der Waals surface area contributed by atoms with Gasteiger partial charge in [0.15, 0.2) is 0 Å². The zero-order valence-corrected chi connectivity index (χ0v) is 11.5. The van der Waals surface area contributed by atoms with Gasteiger partial charge in [0.05, 0.1) is 17.2 Å². The SMILES string of the molecule is Cn1ccc(CN2C(=O)CCc3cc([N+](=O)[O-])ccc32)n1. The third kappa shape index (κ3) is 2.49. The number of hydrogen-bond acceptors (Lipinski definition) is 4. The van der Waals surface area contributed by atoms with E-state index in [2.05, 4.69) is 5.10 Å². The Kier molecular flexibility index (Phi) is 3.17. The molecule has 21 heavy (non-hydrogen) atoms. The highest BCUT2D eigenvalue weighted by Crippen LogP contribution is 2.31. The minimum atomic E-state index is -0.417. The van der Waals surface area contributed by atoms with Crippen LogP contribution in [0.25, 0.3) is 0 Å². The molecule has 0 bridgehead atoms. The monoisotopic (exact) mass is 286 g/mol. The van der Waals surface area contributed by atoms with Crippen molar-refractivity contribution in [3.8, 4) is 0 Å². The number of aryl methyl sites for hydroxylation is 2. The molecule has 2 aromatic rings. The molecule has 7 heteroatoms. The summed E-state index contributed by atoms with van der Waals surface area (Å²) in [6, 6.07) is 6.48. The van der Waals surface area contributed by atoms with Crippen molar-refractivity contribution in [2.45, 2.75) is 19.4 Å². The number of hydrogen-bond donors (Lipinski definition) is 0. The fourth-order valence-corrected chi connectivity index (χ4v) is 2.54. The highest BCUT2D eigenvalue weighted by molar-refractivity contribution is 5.96. The number of nitro benzene ring substituents is 1. The molecule has 0 saturated carbocycles. The van der Waals surface area contributed by atoms with Crippen molar-refractivity contribution in [3.63, 3.8) is 0 Å². The molecule has 2 heterocycles. The number of carbonyl (C=O) groups excluding carboxylic acids is 1. The fourth-order valence-electron chi connectivity index (χ4n) is 2.54. The standard InChI is InChI=1S/C14H14N4O3/c1-16-7-6-11(15-16)9-17-13-4-3-12(18(20)21)8-10(13)2-5-14(17)19/h3-4,6-8H,2,5,9H2,1H3. The van der Waals surface area contributed by atoms with Crippen molar-refractivity contribution in [1.29, 1.82) is 0 Å². The van der Waals surface area contributed by atoms with E-state index in [0.29, 0.717) is 19.4 Å². The number of nitrogens with zero attached hydrogens (tertiary/aromatic N) is 4. The number of benzene rings is 1. The van der Waals surface area contributed by atoms with Crippen molar-refractivity contribution >= 4 is 17.3 Å². The third-order valence-electron chi connectivity index (χ3n) is 3.56. The number of nitro groups is 1. The van der Waals surface area contributed by atoms with E-state index in [1.54, 1.807) is 21.7 Å². The maximum absolute atomic E-state index is 12.1. The number of non-ortho nitro benzene ring substituents is 1. The zero-order valence-electron chi connectivity index (χ0n) is 11.5. The molecular weight excluding hydrogens is 272 g/mol. The van der Waals surface area contributed by atoms with Gasteiger partial charge in [-0.15, -0.1) is 0 Å². The van der Waals surface area contributed by atoms with Gasteiger partial charge in [0.1, 0.15) is 0 Å². The third-order valence-corrected chi connectivity index (χ3v) is 3.56. The lowest BCUT2D eigenvalue weighted by atomic mass is 10.0. The smallest absolute Gasteiger partial charge is 0.269 e. The summed E-state index contributed by atoms with van der Waals surface area (Å²) in [5.74, 6) is 0.0157. The van der Waals surface area contributed by atoms with Gasteiger partial charge in [-0.1, -0.05) is 0 Å². The molecule has 0 radical (unpaired) electrons. The molecule has 0 N–H and O–H groups in total. The number of amides is 1. The van der Waals surface area contributed by atoms with Gasteiger partial charge in [-0.25, -0.2) is 0 Å². The van der Waals surface area contributed by atoms with E-state index in [1.807, 2.05) is 19.3 Å². The summed E-state index contributed by atoms with van der Waals surface area (Å²) in [7, 11) is 1.82. The van der Waals surface area contributed by atoms with Crippen LogP contribution in [0.4, 0.5) is 11.4 Å². The number of anilines is 1. The van der Waals surface area contributed by atoms with Crippen LogP contribution in [0.5, 0.6) is 0 Å². The highest BCUT2D eigenvalue weighted by atomic mass is 16.6. The normalized spacial score (nSPS) is 14.1. The second-order valence-electron chi connectivity index (χ2n) is 5.03. The van der Waals surface area contributed by atoms with Crippen molar-refractivity contribution in [3.05, 3.63) is 51.8 Å². The molecule has 3 rings (SSSR count). The lowest BCUT2D eigenvalue weighted by molar-refractivity contribution is -0.384. The van der Waals surface area contributed by atoms with Crippen molar-refractivity contribution in [1.82, 2.24) is 9.78 Å². The van der Waals surface area contributed by atoms with Crippen molar-refractivity contribution in [2.75, 3.05) is 4.90 Å². The molecule has 1 aromatic carbocycles. The van der Waals surface area contributed by atoms with Gasteiger partial charge in [0.2, 0.25) is 5.91 Å². The summed E-state index contributed by atoms with van der Waals surface area (Å²) >= 11 is 0. The van der Waals surface area contributed by atoms with Crippen molar-refractivity contribution in [2.24, 2.45) is 7.05 Å². The zero-order chi connectivity index (χ0) is 15.0.